The van der Waals surface area contributed by atoms with Gasteiger partial charge in [0.15, 0.2) is 11.8 Å². The van der Waals surface area contributed by atoms with Gasteiger partial charge in [0.05, 0.1) is 16.6 Å². The summed E-state index contributed by atoms with van der Waals surface area (Å²) in [5, 5.41) is 4.98. The molecule has 1 aromatic carbocycles. The second-order valence-electron chi connectivity index (χ2n) is 6.68. The normalized spacial score (nSPS) is 12.2. The van der Waals surface area contributed by atoms with Gasteiger partial charge in [0.2, 0.25) is 5.78 Å². The van der Waals surface area contributed by atoms with Gasteiger partial charge >= 0.3 is 5.97 Å². The number of pyridine rings is 1. The van der Waals surface area contributed by atoms with Crippen LogP contribution < -0.4 is 0 Å². The van der Waals surface area contributed by atoms with E-state index in [2.05, 4.69) is 17.0 Å². The summed E-state index contributed by atoms with van der Waals surface area (Å²) in [6, 6.07) is 9.04. The van der Waals surface area contributed by atoms with Crippen LogP contribution in [-0.2, 0) is 18.2 Å². The molecule has 0 fully saturated rings. The first kappa shape index (κ1) is 18.8. The van der Waals surface area contributed by atoms with Crippen molar-refractivity contribution in [1.82, 2.24) is 14.8 Å². The number of esters is 1. The summed E-state index contributed by atoms with van der Waals surface area (Å²) in [6.07, 6.45) is 0.0198. The van der Waals surface area contributed by atoms with Gasteiger partial charge in [-0.3, -0.25) is 9.48 Å². The van der Waals surface area contributed by atoms with Gasteiger partial charge in [-0.25, -0.2) is 9.78 Å². The number of aromatic nitrogens is 3. The van der Waals surface area contributed by atoms with Crippen molar-refractivity contribution in [3.05, 3.63) is 58.4 Å². The maximum atomic E-state index is 12.8. The molecule has 0 amide bonds. The molecule has 140 valence electrons. The summed E-state index contributed by atoms with van der Waals surface area (Å²) < 4.78 is 7.12. The van der Waals surface area contributed by atoms with Gasteiger partial charge in [0, 0.05) is 18.3 Å². The second-order valence-corrected chi connectivity index (χ2v) is 6.68. The maximum Gasteiger partial charge on any atom is 0.339 e. The summed E-state index contributed by atoms with van der Waals surface area (Å²) in [6.45, 7) is 7.27. The van der Waals surface area contributed by atoms with Crippen molar-refractivity contribution in [3.8, 4) is 0 Å². The highest BCUT2D eigenvalue weighted by atomic mass is 16.5. The molecule has 6 nitrogen and oxygen atoms in total. The molecule has 0 aliphatic carbocycles. The number of hydrogen-bond acceptors (Lipinski definition) is 5. The first-order chi connectivity index (χ1) is 12.8. The molecule has 0 aliphatic heterocycles. The Hall–Kier alpha value is -3.02. The molecule has 27 heavy (non-hydrogen) atoms. The van der Waals surface area contributed by atoms with Gasteiger partial charge in [0.1, 0.15) is 0 Å². The van der Waals surface area contributed by atoms with E-state index in [1.165, 1.54) is 0 Å². The van der Waals surface area contributed by atoms with Crippen molar-refractivity contribution in [1.29, 1.82) is 0 Å². The summed E-state index contributed by atoms with van der Waals surface area (Å²) >= 11 is 0. The molecule has 2 heterocycles. The summed E-state index contributed by atoms with van der Waals surface area (Å²) in [5.74, 6) is -0.774. The Balaban J connectivity index is 1.86. The topological polar surface area (TPSA) is 74.1 Å². The van der Waals surface area contributed by atoms with Crippen molar-refractivity contribution < 1.29 is 14.3 Å². The molecule has 0 bridgehead atoms. The highest BCUT2D eigenvalue weighted by Crippen LogP contribution is 2.23. The van der Waals surface area contributed by atoms with E-state index in [0.717, 1.165) is 12.0 Å². The van der Waals surface area contributed by atoms with E-state index >= 15 is 0 Å². The highest BCUT2D eigenvalue weighted by Gasteiger charge is 2.24. The van der Waals surface area contributed by atoms with Crippen LogP contribution in [0, 0.1) is 13.8 Å². The number of ether oxygens (including phenoxy) is 1. The van der Waals surface area contributed by atoms with E-state index in [-0.39, 0.29) is 5.78 Å². The number of carbonyl (C=O) groups excluding carboxylic acids is 2. The molecule has 1 unspecified atom stereocenters. The zero-order valence-electron chi connectivity index (χ0n) is 16.2. The number of rotatable bonds is 5. The van der Waals surface area contributed by atoms with Crippen molar-refractivity contribution >= 4 is 22.8 Å². The standard InChI is InChI=1S/C21H23N3O3/c1-6-15-7-9-16(10-8-15)19(25)14(4)27-21(26)17-11-12(2)22-20-18(17)13(3)23-24(20)5/h7-11,14H,6H2,1-5H3. The molecule has 6 heteroatoms. The molecular formula is C21H23N3O3. The van der Waals surface area contributed by atoms with Gasteiger partial charge in [-0.2, -0.15) is 5.10 Å². The van der Waals surface area contributed by atoms with Crippen LogP contribution in [0.2, 0.25) is 0 Å². The number of hydrogen-bond donors (Lipinski definition) is 0. The minimum Gasteiger partial charge on any atom is -0.451 e. The fourth-order valence-corrected chi connectivity index (χ4v) is 3.15. The van der Waals surface area contributed by atoms with Crippen LogP contribution in [0.1, 0.15) is 51.5 Å². The molecule has 2 aromatic heterocycles. The molecule has 0 saturated heterocycles. The third-order valence-corrected chi connectivity index (χ3v) is 4.62. The SMILES string of the molecule is CCc1ccc(C(=O)C(C)OC(=O)c2cc(C)nc3c2c(C)nn3C)cc1. The Kier molecular flexibility index (Phi) is 5.08. The van der Waals surface area contributed by atoms with E-state index in [9.17, 15) is 9.59 Å². The Morgan fingerprint density at radius 3 is 2.48 bits per heavy atom. The molecule has 0 saturated carbocycles. The van der Waals surface area contributed by atoms with Crippen molar-refractivity contribution in [2.75, 3.05) is 0 Å². The second kappa shape index (κ2) is 7.31. The van der Waals surface area contributed by atoms with Crippen LogP contribution in [0.25, 0.3) is 11.0 Å². The zero-order chi connectivity index (χ0) is 19.7. The fourth-order valence-electron chi connectivity index (χ4n) is 3.15. The number of nitrogens with zero attached hydrogens (tertiary/aromatic N) is 3. The van der Waals surface area contributed by atoms with Gasteiger partial charge in [0.25, 0.3) is 0 Å². The molecule has 0 radical (unpaired) electrons. The number of carbonyl (C=O) groups is 2. The molecule has 0 spiro atoms. The van der Waals surface area contributed by atoms with Crippen LogP contribution >= 0.6 is 0 Å². The number of aryl methyl sites for hydroxylation is 4. The third kappa shape index (κ3) is 3.60. The first-order valence-electron chi connectivity index (χ1n) is 8.97. The lowest BCUT2D eigenvalue weighted by Crippen LogP contribution is -2.24. The van der Waals surface area contributed by atoms with Crippen LogP contribution in [0.5, 0.6) is 0 Å². The minimum absolute atomic E-state index is 0.226. The minimum atomic E-state index is -0.884. The molecule has 0 N–H and O–H groups in total. The largest absolute Gasteiger partial charge is 0.451 e. The Morgan fingerprint density at radius 1 is 1.19 bits per heavy atom. The fraction of sp³-hybridized carbons (Fsp3) is 0.333. The van der Waals surface area contributed by atoms with E-state index < -0.39 is 12.1 Å². The third-order valence-electron chi connectivity index (χ3n) is 4.62. The molecule has 0 aliphatic rings. The van der Waals surface area contributed by atoms with Gasteiger partial charge in [-0.15, -0.1) is 0 Å². The van der Waals surface area contributed by atoms with Crippen LogP contribution in [0.3, 0.4) is 0 Å². The van der Waals surface area contributed by atoms with E-state index in [0.29, 0.717) is 33.5 Å². The highest BCUT2D eigenvalue weighted by molar-refractivity contribution is 6.06. The molecular weight excluding hydrogens is 342 g/mol. The average molecular weight is 365 g/mol. The lowest BCUT2D eigenvalue weighted by Gasteiger charge is -2.13. The number of fused-ring (bicyclic) bond motifs is 1. The van der Waals surface area contributed by atoms with Gasteiger partial charge < -0.3 is 4.74 Å². The predicted molar refractivity (Wildman–Crippen MR) is 103 cm³/mol. The van der Waals surface area contributed by atoms with Crippen LogP contribution in [0.4, 0.5) is 0 Å². The van der Waals surface area contributed by atoms with E-state index in [4.69, 9.17) is 4.74 Å². The summed E-state index contributed by atoms with van der Waals surface area (Å²) in [7, 11) is 1.78. The number of ketones is 1. The summed E-state index contributed by atoms with van der Waals surface area (Å²) in [5.41, 5.74) is 4.06. The Morgan fingerprint density at radius 2 is 1.85 bits per heavy atom. The smallest absolute Gasteiger partial charge is 0.339 e. The average Bonchev–Trinajstić information content (AvgIpc) is 2.94. The maximum absolute atomic E-state index is 12.8. The van der Waals surface area contributed by atoms with Gasteiger partial charge in [-0.05, 0) is 38.8 Å². The first-order valence-corrected chi connectivity index (χ1v) is 8.97. The zero-order valence-corrected chi connectivity index (χ0v) is 16.2. The van der Waals surface area contributed by atoms with Crippen LogP contribution in [0.15, 0.2) is 30.3 Å². The monoisotopic (exact) mass is 365 g/mol. The van der Waals surface area contributed by atoms with E-state index in [1.54, 1.807) is 36.9 Å². The van der Waals surface area contributed by atoms with Crippen molar-refractivity contribution in [2.45, 2.75) is 40.2 Å². The lowest BCUT2D eigenvalue weighted by atomic mass is 10.0. The quantitative estimate of drug-likeness (QED) is 0.510. The van der Waals surface area contributed by atoms with Crippen LogP contribution in [-0.4, -0.2) is 32.6 Å². The predicted octanol–water partition coefficient (Wildman–Crippen LogP) is 3.58. The summed E-state index contributed by atoms with van der Waals surface area (Å²) in [4.78, 5) is 29.8. The number of Topliss-reactive ketones (excluding diaryl/α,β-unsaturated/α-hetero) is 1. The number of benzene rings is 1. The molecule has 3 aromatic rings. The Bertz CT molecular complexity index is 1020. The molecule has 3 rings (SSSR count). The lowest BCUT2D eigenvalue weighted by molar-refractivity contribution is 0.0320. The van der Waals surface area contributed by atoms with Gasteiger partial charge in [-0.1, -0.05) is 31.2 Å². The Labute approximate surface area is 158 Å². The van der Waals surface area contributed by atoms with Crippen molar-refractivity contribution in [2.24, 2.45) is 7.05 Å². The van der Waals surface area contributed by atoms with Crippen molar-refractivity contribution in [3.63, 3.8) is 0 Å². The molecule has 1 atom stereocenters. The van der Waals surface area contributed by atoms with E-state index in [1.807, 2.05) is 26.0 Å².